The molecule has 2 aromatic carbocycles. The summed E-state index contributed by atoms with van der Waals surface area (Å²) in [6, 6.07) is 17.4. The number of anilines is 1. The van der Waals surface area contributed by atoms with Gasteiger partial charge in [-0.15, -0.1) is 11.3 Å². The number of thiophene rings is 1. The van der Waals surface area contributed by atoms with Crippen LogP contribution in [0.4, 0.5) is 5.69 Å². The number of carbonyl (C=O) groups excluding carboxylic acids is 1. The summed E-state index contributed by atoms with van der Waals surface area (Å²) in [6.45, 7) is 2.01. The summed E-state index contributed by atoms with van der Waals surface area (Å²) >= 11 is 2.94. The minimum Gasteiger partial charge on any atom is -0.325 e. The minimum absolute atomic E-state index is 0.0253. The first kappa shape index (κ1) is 21.0. The maximum Gasteiger partial charge on any atom is 0.262 e. The lowest BCUT2D eigenvalue weighted by Crippen LogP contribution is -2.23. The van der Waals surface area contributed by atoms with E-state index in [1.807, 2.05) is 61.5 Å². The Morgan fingerprint density at radius 3 is 2.62 bits per heavy atom. The third kappa shape index (κ3) is 3.87. The van der Waals surface area contributed by atoms with Gasteiger partial charge in [0.1, 0.15) is 10.1 Å². The molecule has 0 aliphatic heterocycles. The van der Waals surface area contributed by atoms with Crippen molar-refractivity contribution in [3.63, 3.8) is 0 Å². The van der Waals surface area contributed by atoms with E-state index in [0.29, 0.717) is 5.16 Å². The van der Waals surface area contributed by atoms with E-state index in [0.717, 1.165) is 46.3 Å². The molecule has 7 heteroatoms. The number of aromatic nitrogens is 2. The summed E-state index contributed by atoms with van der Waals surface area (Å²) in [4.78, 5) is 33.4. The summed E-state index contributed by atoms with van der Waals surface area (Å²) in [5.41, 5.74) is 3.89. The minimum atomic E-state index is -0.542. The first-order chi connectivity index (χ1) is 15.5. The standard InChI is InChI=1S/C25H23N3O2S2/c1-15-11-13-17(14-12-15)26-22(29)21(16-7-4-3-5-8-16)32-25-27-23-20(24(30)28(25)2)18-9-6-10-19(18)31-23/h3-5,7-8,11-14,21H,6,9-10H2,1-2H3,(H,26,29). The van der Waals surface area contributed by atoms with Gasteiger partial charge < -0.3 is 5.32 Å². The number of aryl methyl sites for hydroxylation is 3. The fourth-order valence-corrected chi connectivity index (χ4v) is 6.43. The average molecular weight is 462 g/mol. The Hall–Kier alpha value is -2.90. The zero-order chi connectivity index (χ0) is 22.2. The van der Waals surface area contributed by atoms with E-state index in [1.54, 1.807) is 23.0 Å². The molecule has 1 unspecified atom stereocenters. The summed E-state index contributed by atoms with van der Waals surface area (Å²) in [5, 5.41) is 3.79. The lowest BCUT2D eigenvalue weighted by atomic mass is 10.1. The van der Waals surface area contributed by atoms with Gasteiger partial charge in [-0.05, 0) is 49.4 Å². The van der Waals surface area contributed by atoms with Crippen LogP contribution in [0, 0.1) is 6.92 Å². The van der Waals surface area contributed by atoms with E-state index in [-0.39, 0.29) is 11.5 Å². The highest BCUT2D eigenvalue weighted by atomic mass is 32.2. The molecule has 0 radical (unpaired) electrons. The third-order valence-electron chi connectivity index (χ3n) is 5.79. The van der Waals surface area contributed by atoms with Crippen LogP contribution in [0.25, 0.3) is 10.2 Å². The molecule has 0 bridgehead atoms. The van der Waals surface area contributed by atoms with Crippen molar-refractivity contribution in [3.05, 3.63) is 86.5 Å². The van der Waals surface area contributed by atoms with Gasteiger partial charge in [-0.3, -0.25) is 14.2 Å². The Morgan fingerprint density at radius 1 is 1.12 bits per heavy atom. The highest BCUT2D eigenvalue weighted by molar-refractivity contribution is 8.00. The molecule has 32 heavy (non-hydrogen) atoms. The summed E-state index contributed by atoms with van der Waals surface area (Å²) < 4.78 is 1.59. The van der Waals surface area contributed by atoms with Crippen LogP contribution in [0.3, 0.4) is 0 Å². The normalized spacial score (nSPS) is 13.8. The van der Waals surface area contributed by atoms with E-state index in [4.69, 9.17) is 4.98 Å². The first-order valence-corrected chi connectivity index (χ1v) is 12.3. The van der Waals surface area contributed by atoms with Crippen molar-refractivity contribution in [2.24, 2.45) is 7.05 Å². The summed E-state index contributed by atoms with van der Waals surface area (Å²) in [7, 11) is 1.75. The van der Waals surface area contributed by atoms with Gasteiger partial charge in [-0.2, -0.15) is 0 Å². The van der Waals surface area contributed by atoms with Crippen LogP contribution < -0.4 is 10.9 Å². The topological polar surface area (TPSA) is 64.0 Å². The molecule has 0 saturated carbocycles. The SMILES string of the molecule is Cc1ccc(NC(=O)C(Sc2nc3sc4c(c3c(=O)n2C)CCC4)c2ccccc2)cc1. The number of benzene rings is 2. The van der Waals surface area contributed by atoms with Crippen LogP contribution in [0.15, 0.2) is 64.5 Å². The van der Waals surface area contributed by atoms with Crippen LogP contribution in [0.5, 0.6) is 0 Å². The average Bonchev–Trinajstić information content (AvgIpc) is 3.38. The number of thioether (sulfide) groups is 1. The number of fused-ring (bicyclic) bond motifs is 3. The molecule has 1 N–H and O–H groups in total. The highest BCUT2D eigenvalue weighted by Gasteiger charge is 2.27. The summed E-state index contributed by atoms with van der Waals surface area (Å²) in [6.07, 6.45) is 3.07. The molecular weight excluding hydrogens is 438 g/mol. The fourth-order valence-electron chi connectivity index (χ4n) is 4.06. The van der Waals surface area contributed by atoms with Gasteiger partial charge in [0, 0.05) is 17.6 Å². The van der Waals surface area contributed by atoms with Gasteiger partial charge >= 0.3 is 0 Å². The van der Waals surface area contributed by atoms with Crippen LogP contribution >= 0.6 is 23.1 Å². The van der Waals surface area contributed by atoms with E-state index >= 15 is 0 Å². The van der Waals surface area contributed by atoms with E-state index in [9.17, 15) is 9.59 Å². The fraction of sp³-hybridized carbons (Fsp3) is 0.240. The number of nitrogens with zero attached hydrogens (tertiary/aromatic N) is 2. The molecule has 1 atom stereocenters. The van der Waals surface area contributed by atoms with Crippen molar-refractivity contribution in [2.75, 3.05) is 5.32 Å². The van der Waals surface area contributed by atoms with Gasteiger partial charge in [0.25, 0.3) is 5.56 Å². The Kier molecular flexibility index (Phi) is 5.61. The first-order valence-electron chi connectivity index (χ1n) is 10.6. The molecule has 0 fully saturated rings. The van der Waals surface area contributed by atoms with E-state index < -0.39 is 5.25 Å². The molecular formula is C25H23N3O2S2. The second-order valence-electron chi connectivity index (χ2n) is 8.06. The van der Waals surface area contributed by atoms with Crippen LogP contribution in [0.2, 0.25) is 0 Å². The number of carbonyl (C=O) groups is 1. The predicted octanol–water partition coefficient (Wildman–Crippen LogP) is 5.26. The maximum absolute atomic E-state index is 13.3. The molecule has 1 aliphatic rings. The van der Waals surface area contributed by atoms with Crippen molar-refractivity contribution in [1.29, 1.82) is 0 Å². The molecule has 162 valence electrons. The molecule has 5 rings (SSSR count). The highest BCUT2D eigenvalue weighted by Crippen LogP contribution is 2.38. The maximum atomic E-state index is 13.3. The molecule has 5 nitrogen and oxygen atoms in total. The Morgan fingerprint density at radius 2 is 1.88 bits per heavy atom. The van der Waals surface area contributed by atoms with Crippen molar-refractivity contribution in [1.82, 2.24) is 9.55 Å². The van der Waals surface area contributed by atoms with Gasteiger partial charge in [-0.1, -0.05) is 59.8 Å². The molecule has 2 aromatic heterocycles. The number of hydrogen-bond acceptors (Lipinski definition) is 5. The third-order valence-corrected chi connectivity index (χ3v) is 8.27. The lowest BCUT2D eigenvalue weighted by molar-refractivity contribution is -0.115. The Balaban J connectivity index is 1.52. The van der Waals surface area contributed by atoms with E-state index in [2.05, 4.69) is 5.32 Å². The van der Waals surface area contributed by atoms with Gasteiger partial charge in [-0.25, -0.2) is 4.98 Å². The monoisotopic (exact) mass is 461 g/mol. The van der Waals surface area contributed by atoms with Crippen molar-refractivity contribution >= 4 is 44.9 Å². The van der Waals surface area contributed by atoms with Gasteiger partial charge in [0.15, 0.2) is 5.16 Å². The second-order valence-corrected chi connectivity index (χ2v) is 10.2. The number of rotatable bonds is 5. The quantitative estimate of drug-likeness (QED) is 0.325. The van der Waals surface area contributed by atoms with E-state index in [1.165, 1.54) is 22.2 Å². The molecule has 0 spiro atoms. The van der Waals surface area contributed by atoms with Crippen LogP contribution in [0.1, 0.15) is 33.2 Å². The summed E-state index contributed by atoms with van der Waals surface area (Å²) in [5.74, 6) is -0.145. The molecule has 0 saturated heterocycles. The van der Waals surface area contributed by atoms with Crippen molar-refractivity contribution in [2.45, 2.75) is 36.6 Å². The van der Waals surface area contributed by atoms with Crippen molar-refractivity contribution < 1.29 is 4.79 Å². The predicted molar refractivity (Wildman–Crippen MR) is 132 cm³/mol. The smallest absolute Gasteiger partial charge is 0.262 e. The number of amides is 1. The number of nitrogens with one attached hydrogen (secondary N) is 1. The van der Waals surface area contributed by atoms with Crippen molar-refractivity contribution in [3.8, 4) is 0 Å². The molecule has 1 amide bonds. The largest absolute Gasteiger partial charge is 0.325 e. The van der Waals surface area contributed by atoms with Crippen LogP contribution in [-0.4, -0.2) is 15.5 Å². The lowest BCUT2D eigenvalue weighted by Gasteiger charge is -2.18. The zero-order valence-corrected chi connectivity index (χ0v) is 19.6. The molecule has 1 aliphatic carbocycles. The Labute approximate surface area is 194 Å². The number of hydrogen-bond donors (Lipinski definition) is 1. The van der Waals surface area contributed by atoms with Crippen LogP contribution in [-0.2, 0) is 24.7 Å². The second kappa shape index (κ2) is 8.56. The molecule has 4 aromatic rings. The molecule has 2 heterocycles. The van der Waals surface area contributed by atoms with Gasteiger partial charge in [0.05, 0.1) is 5.39 Å². The van der Waals surface area contributed by atoms with Gasteiger partial charge in [0.2, 0.25) is 5.91 Å². The zero-order valence-electron chi connectivity index (χ0n) is 17.9. The Bertz CT molecular complexity index is 1360.